The molecular formula is C11H19N3. The molecule has 2 rings (SSSR count). The number of nitrogens with one attached hydrogen (secondary N) is 2. The molecule has 0 spiro atoms. The fourth-order valence-corrected chi connectivity index (χ4v) is 2.39. The molecule has 0 aliphatic heterocycles. The summed E-state index contributed by atoms with van der Waals surface area (Å²) in [5.74, 6) is 0.715. The van der Waals surface area contributed by atoms with E-state index in [4.69, 9.17) is 0 Å². The lowest BCUT2D eigenvalue weighted by Gasteiger charge is -2.28. The van der Waals surface area contributed by atoms with Crippen molar-refractivity contribution in [3.63, 3.8) is 0 Å². The number of rotatable bonds is 3. The predicted molar refractivity (Wildman–Crippen MR) is 57.3 cm³/mol. The van der Waals surface area contributed by atoms with Crippen LogP contribution < -0.4 is 5.32 Å². The Morgan fingerprint density at radius 1 is 1.43 bits per heavy atom. The Bertz CT molecular complexity index is 248. The van der Waals surface area contributed by atoms with Crippen LogP contribution in [0.3, 0.4) is 0 Å². The molecule has 1 aromatic rings. The van der Waals surface area contributed by atoms with Gasteiger partial charge in [-0.2, -0.15) is 0 Å². The molecule has 1 aliphatic carbocycles. The zero-order valence-corrected chi connectivity index (χ0v) is 8.79. The third-order valence-corrected chi connectivity index (χ3v) is 3.18. The molecule has 1 saturated carbocycles. The lowest BCUT2D eigenvalue weighted by atomic mass is 9.84. The summed E-state index contributed by atoms with van der Waals surface area (Å²) in [4.78, 5) is 7.30. The zero-order valence-electron chi connectivity index (χ0n) is 8.79. The highest BCUT2D eigenvalue weighted by Gasteiger charge is 2.22. The number of nitrogens with zero attached hydrogens (tertiary/aromatic N) is 1. The summed E-state index contributed by atoms with van der Waals surface area (Å²) in [7, 11) is 0. The topological polar surface area (TPSA) is 40.7 Å². The van der Waals surface area contributed by atoms with Crippen LogP contribution in [0.15, 0.2) is 12.5 Å². The molecule has 2 N–H and O–H groups in total. The van der Waals surface area contributed by atoms with Gasteiger partial charge in [0.2, 0.25) is 0 Å². The Morgan fingerprint density at radius 2 is 2.21 bits per heavy atom. The average Bonchev–Trinajstić information content (AvgIpc) is 2.72. The Balaban J connectivity index is 1.84. The van der Waals surface area contributed by atoms with Crippen LogP contribution >= 0.6 is 0 Å². The van der Waals surface area contributed by atoms with Gasteiger partial charge in [0.25, 0.3) is 0 Å². The van der Waals surface area contributed by atoms with Gasteiger partial charge in [0, 0.05) is 23.9 Å². The van der Waals surface area contributed by atoms with E-state index < -0.39 is 0 Å². The van der Waals surface area contributed by atoms with Gasteiger partial charge in [-0.25, -0.2) is 4.98 Å². The summed E-state index contributed by atoms with van der Waals surface area (Å²) < 4.78 is 0. The fourth-order valence-electron chi connectivity index (χ4n) is 2.39. The summed E-state index contributed by atoms with van der Waals surface area (Å²) in [5.41, 5.74) is 1.32. The Labute approximate surface area is 85.3 Å². The van der Waals surface area contributed by atoms with Crippen molar-refractivity contribution in [3.8, 4) is 0 Å². The highest BCUT2D eigenvalue weighted by atomic mass is 14.9. The van der Waals surface area contributed by atoms with Gasteiger partial charge in [-0.1, -0.05) is 6.92 Å². The largest absolute Gasteiger partial charge is 0.348 e. The maximum absolute atomic E-state index is 4.08. The minimum atomic E-state index is 0.715. The van der Waals surface area contributed by atoms with E-state index in [1.54, 1.807) is 6.33 Å². The first-order chi connectivity index (χ1) is 6.90. The molecule has 1 aliphatic rings. The lowest BCUT2D eigenvalue weighted by molar-refractivity contribution is 0.345. The quantitative estimate of drug-likeness (QED) is 0.771. The van der Waals surface area contributed by atoms with Crippen LogP contribution in [0.4, 0.5) is 0 Å². The molecule has 1 fully saturated rings. The number of imidazole rings is 1. The van der Waals surface area contributed by atoms with E-state index in [1.165, 1.54) is 31.4 Å². The molecule has 14 heavy (non-hydrogen) atoms. The number of hydrogen-bond acceptors (Lipinski definition) is 2. The van der Waals surface area contributed by atoms with Crippen LogP contribution in [0, 0.1) is 0 Å². The molecule has 78 valence electrons. The van der Waals surface area contributed by atoms with E-state index in [9.17, 15) is 0 Å². The van der Waals surface area contributed by atoms with E-state index in [0.29, 0.717) is 5.92 Å². The van der Waals surface area contributed by atoms with Gasteiger partial charge in [-0.05, 0) is 32.2 Å². The second-order valence-corrected chi connectivity index (χ2v) is 4.11. The van der Waals surface area contributed by atoms with Crippen LogP contribution in [0.1, 0.15) is 44.2 Å². The van der Waals surface area contributed by atoms with Crippen LogP contribution in [0.25, 0.3) is 0 Å². The van der Waals surface area contributed by atoms with Crippen LogP contribution in [0.2, 0.25) is 0 Å². The van der Waals surface area contributed by atoms with Gasteiger partial charge in [0.1, 0.15) is 0 Å². The van der Waals surface area contributed by atoms with E-state index in [2.05, 4.69) is 22.2 Å². The summed E-state index contributed by atoms with van der Waals surface area (Å²) in [5, 5.41) is 3.52. The average molecular weight is 193 g/mol. The Morgan fingerprint density at radius 3 is 2.79 bits per heavy atom. The molecule has 0 bridgehead atoms. The second kappa shape index (κ2) is 4.60. The van der Waals surface area contributed by atoms with Gasteiger partial charge in [0.15, 0.2) is 0 Å². The molecule has 0 radical (unpaired) electrons. The molecule has 0 unspecified atom stereocenters. The second-order valence-electron chi connectivity index (χ2n) is 4.11. The normalized spacial score (nSPS) is 27.8. The number of H-pyrrole nitrogens is 1. The molecule has 0 aromatic carbocycles. The van der Waals surface area contributed by atoms with Crippen molar-refractivity contribution in [2.45, 2.75) is 44.6 Å². The SMILES string of the molecule is CCNC1CCC(c2cnc[nH]2)CC1. The maximum atomic E-state index is 4.08. The molecule has 0 saturated heterocycles. The summed E-state index contributed by atoms with van der Waals surface area (Å²) in [6, 6.07) is 0.749. The van der Waals surface area contributed by atoms with Gasteiger partial charge in [-0.15, -0.1) is 0 Å². The lowest BCUT2D eigenvalue weighted by Crippen LogP contribution is -2.32. The van der Waals surface area contributed by atoms with Crippen molar-refractivity contribution in [1.29, 1.82) is 0 Å². The molecule has 1 aromatic heterocycles. The summed E-state index contributed by atoms with van der Waals surface area (Å²) >= 11 is 0. The van der Waals surface area contributed by atoms with Crippen molar-refractivity contribution in [1.82, 2.24) is 15.3 Å². The van der Waals surface area contributed by atoms with E-state index >= 15 is 0 Å². The molecule has 3 heteroatoms. The highest BCUT2D eigenvalue weighted by Crippen LogP contribution is 2.31. The number of hydrogen-bond donors (Lipinski definition) is 2. The molecule has 0 amide bonds. The minimum absolute atomic E-state index is 0.715. The number of aromatic amines is 1. The fraction of sp³-hybridized carbons (Fsp3) is 0.727. The van der Waals surface area contributed by atoms with Gasteiger partial charge >= 0.3 is 0 Å². The van der Waals surface area contributed by atoms with Crippen LogP contribution in [-0.2, 0) is 0 Å². The van der Waals surface area contributed by atoms with E-state index in [1.807, 2.05) is 6.20 Å². The Kier molecular flexibility index (Phi) is 3.19. The van der Waals surface area contributed by atoms with Gasteiger partial charge < -0.3 is 10.3 Å². The van der Waals surface area contributed by atoms with Gasteiger partial charge in [0.05, 0.1) is 6.33 Å². The molecular weight excluding hydrogens is 174 g/mol. The standard InChI is InChI=1S/C11H19N3/c1-2-13-10-5-3-9(4-6-10)11-7-12-8-14-11/h7-10,13H,2-6H2,1H3,(H,12,14). The molecule has 1 heterocycles. The minimum Gasteiger partial charge on any atom is -0.348 e. The van der Waals surface area contributed by atoms with Crippen molar-refractivity contribution >= 4 is 0 Å². The van der Waals surface area contributed by atoms with Crippen LogP contribution in [-0.4, -0.2) is 22.6 Å². The van der Waals surface area contributed by atoms with Crippen molar-refractivity contribution in [3.05, 3.63) is 18.2 Å². The highest BCUT2D eigenvalue weighted by molar-refractivity contribution is 5.05. The first-order valence-corrected chi connectivity index (χ1v) is 5.61. The smallest absolute Gasteiger partial charge is 0.0921 e. The Hall–Kier alpha value is -0.830. The first kappa shape index (κ1) is 9.71. The van der Waals surface area contributed by atoms with Crippen molar-refractivity contribution in [2.75, 3.05) is 6.54 Å². The monoisotopic (exact) mass is 193 g/mol. The number of aromatic nitrogens is 2. The first-order valence-electron chi connectivity index (χ1n) is 5.61. The zero-order chi connectivity index (χ0) is 9.80. The molecule has 0 atom stereocenters. The summed E-state index contributed by atoms with van der Waals surface area (Å²) in [6.45, 7) is 3.28. The predicted octanol–water partition coefficient (Wildman–Crippen LogP) is 2.05. The van der Waals surface area contributed by atoms with E-state index in [0.717, 1.165) is 12.6 Å². The van der Waals surface area contributed by atoms with Crippen molar-refractivity contribution in [2.24, 2.45) is 0 Å². The third kappa shape index (κ3) is 2.15. The van der Waals surface area contributed by atoms with Crippen molar-refractivity contribution < 1.29 is 0 Å². The maximum Gasteiger partial charge on any atom is 0.0921 e. The van der Waals surface area contributed by atoms with Gasteiger partial charge in [-0.3, -0.25) is 0 Å². The van der Waals surface area contributed by atoms with E-state index in [-0.39, 0.29) is 0 Å². The third-order valence-electron chi connectivity index (χ3n) is 3.18. The van der Waals surface area contributed by atoms with Crippen LogP contribution in [0.5, 0.6) is 0 Å². The summed E-state index contributed by atoms with van der Waals surface area (Å²) in [6.07, 6.45) is 8.94. The molecule has 3 nitrogen and oxygen atoms in total.